The van der Waals surface area contributed by atoms with Gasteiger partial charge in [0.05, 0.1) is 0 Å². The Morgan fingerprint density at radius 2 is 2.20 bits per heavy atom. The summed E-state index contributed by atoms with van der Waals surface area (Å²) in [5.41, 5.74) is 6.81. The lowest BCUT2D eigenvalue weighted by molar-refractivity contribution is 0.610. The minimum Gasteiger partial charge on any atom is -0.382 e. The molecule has 0 amide bonds. The van der Waals surface area contributed by atoms with Gasteiger partial charge in [-0.3, -0.25) is 0 Å². The van der Waals surface area contributed by atoms with Gasteiger partial charge in [0, 0.05) is 16.2 Å². The summed E-state index contributed by atoms with van der Waals surface area (Å²) in [6, 6.07) is 4.79. The van der Waals surface area contributed by atoms with E-state index in [1.54, 1.807) is 18.3 Å². The molecule has 5 heteroatoms. The van der Waals surface area contributed by atoms with Crippen LogP contribution in [0.5, 0.6) is 0 Å². The second-order valence-electron chi connectivity index (χ2n) is 3.24. The van der Waals surface area contributed by atoms with E-state index < -0.39 is 0 Å². The smallest absolute Gasteiger partial charge is 0.149 e. The first-order valence-corrected chi connectivity index (χ1v) is 5.14. The fraction of sp³-hybridized carbons (Fsp3) is 0.100. The van der Waals surface area contributed by atoms with Crippen LogP contribution in [0.15, 0.2) is 28.9 Å². The van der Waals surface area contributed by atoms with Crippen LogP contribution >= 0.6 is 15.9 Å². The van der Waals surface area contributed by atoms with Crippen LogP contribution in [0.4, 0.5) is 10.2 Å². The Kier molecular flexibility index (Phi) is 2.48. The minimum absolute atomic E-state index is 0.341. The highest BCUT2D eigenvalue weighted by Crippen LogP contribution is 2.19. The molecule has 0 fully saturated rings. The van der Waals surface area contributed by atoms with E-state index in [4.69, 9.17) is 5.73 Å². The standard InChI is InChI=1S/C10H9BrFN3/c1-6-5-15(14-10(6)13)9-3-2-7(11)4-8(9)12/h2-5H,1H3,(H2,13,14). The molecule has 0 radical (unpaired) electrons. The molecular weight excluding hydrogens is 261 g/mol. The Morgan fingerprint density at radius 1 is 1.47 bits per heavy atom. The van der Waals surface area contributed by atoms with E-state index in [2.05, 4.69) is 21.0 Å². The zero-order valence-electron chi connectivity index (χ0n) is 8.04. The van der Waals surface area contributed by atoms with Gasteiger partial charge in [-0.05, 0) is 25.1 Å². The van der Waals surface area contributed by atoms with Crippen molar-refractivity contribution >= 4 is 21.7 Å². The third kappa shape index (κ3) is 1.87. The van der Waals surface area contributed by atoms with Crippen LogP contribution in [0.1, 0.15) is 5.56 Å². The second-order valence-corrected chi connectivity index (χ2v) is 4.15. The number of hydrogen-bond donors (Lipinski definition) is 1. The number of nitrogen functional groups attached to an aromatic ring is 1. The molecular formula is C10H9BrFN3. The zero-order valence-corrected chi connectivity index (χ0v) is 9.62. The maximum Gasteiger partial charge on any atom is 0.149 e. The van der Waals surface area contributed by atoms with Gasteiger partial charge < -0.3 is 5.73 Å². The molecule has 0 atom stereocenters. The number of halogens is 2. The average Bonchev–Trinajstić information content (AvgIpc) is 2.46. The van der Waals surface area contributed by atoms with Crippen molar-refractivity contribution in [3.05, 3.63) is 40.2 Å². The molecule has 0 aliphatic rings. The Hall–Kier alpha value is -1.36. The number of nitrogens with zero attached hydrogens (tertiary/aromatic N) is 2. The number of aromatic nitrogens is 2. The predicted molar refractivity (Wildman–Crippen MR) is 60.4 cm³/mol. The fourth-order valence-corrected chi connectivity index (χ4v) is 1.60. The van der Waals surface area contributed by atoms with E-state index in [0.29, 0.717) is 16.0 Å². The molecule has 3 nitrogen and oxygen atoms in total. The third-order valence-electron chi connectivity index (χ3n) is 2.09. The summed E-state index contributed by atoms with van der Waals surface area (Å²) in [7, 11) is 0. The lowest BCUT2D eigenvalue weighted by atomic mass is 10.3. The molecule has 2 aromatic rings. The average molecular weight is 270 g/mol. The van der Waals surface area contributed by atoms with Crippen molar-refractivity contribution in [1.82, 2.24) is 9.78 Å². The summed E-state index contributed by atoms with van der Waals surface area (Å²) in [5, 5.41) is 4.01. The highest BCUT2D eigenvalue weighted by Gasteiger charge is 2.08. The summed E-state index contributed by atoms with van der Waals surface area (Å²) in [4.78, 5) is 0. The molecule has 2 N–H and O–H groups in total. The van der Waals surface area contributed by atoms with Gasteiger partial charge in [-0.1, -0.05) is 15.9 Å². The highest BCUT2D eigenvalue weighted by atomic mass is 79.9. The van der Waals surface area contributed by atoms with Crippen molar-refractivity contribution in [3.8, 4) is 5.69 Å². The fourth-order valence-electron chi connectivity index (χ4n) is 1.26. The largest absolute Gasteiger partial charge is 0.382 e. The number of benzene rings is 1. The van der Waals surface area contributed by atoms with E-state index in [9.17, 15) is 4.39 Å². The molecule has 1 heterocycles. The monoisotopic (exact) mass is 269 g/mol. The summed E-state index contributed by atoms with van der Waals surface area (Å²) in [5.74, 6) is 0.0733. The van der Waals surface area contributed by atoms with Crippen molar-refractivity contribution in [2.75, 3.05) is 5.73 Å². The molecule has 0 unspecified atom stereocenters. The molecule has 2 rings (SSSR count). The lowest BCUT2D eigenvalue weighted by Crippen LogP contribution is -1.99. The summed E-state index contributed by atoms with van der Waals surface area (Å²) < 4.78 is 15.7. The summed E-state index contributed by atoms with van der Waals surface area (Å²) in [6.07, 6.45) is 1.70. The first-order valence-electron chi connectivity index (χ1n) is 4.35. The number of hydrogen-bond acceptors (Lipinski definition) is 2. The van der Waals surface area contributed by atoms with Crippen LogP contribution in [0.3, 0.4) is 0 Å². The SMILES string of the molecule is Cc1cn(-c2ccc(Br)cc2F)nc1N. The highest BCUT2D eigenvalue weighted by molar-refractivity contribution is 9.10. The second kappa shape index (κ2) is 3.66. The van der Waals surface area contributed by atoms with Crippen LogP contribution in [0.2, 0.25) is 0 Å². The predicted octanol–water partition coefficient (Wildman–Crippen LogP) is 2.66. The van der Waals surface area contributed by atoms with Gasteiger partial charge in [-0.15, -0.1) is 0 Å². The molecule has 0 saturated heterocycles. The Labute approximate surface area is 94.8 Å². The van der Waals surface area contributed by atoms with Crippen molar-refractivity contribution in [3.63, 3.8) is 0 Å². The maximum atomic E-state index is 13.5. The van der Waals surface area contributed by atoms with Crippen LogP contribution < -0.4 is 5.73 Å². The molecule has 0 bridgehead atoms. The Bertz CT molecular complexity index is 488. The number of aryl methyl sites for hydroxylation is 1. The molecule has 0 spiro atoms. The van der Waals surface area contributed by atoms with E-state index in [1.165, 1.54) is 10.7 Å². The van der Waals surface area contributed by atoms with Crippen molar-refractivity contribution in [2.45, 2.75) is 6.92 Å². The van der Waals surface area contributed by atoms with Gasteiger partial charge in [0.2, 0.25) is 0 Å². The first-order chi connectivity index (χ1) is 7.08. The number of anilines is 1. The van der Waals surface area contributed by atoms with Gasteiger partial charge in [0.1, 0.15) is 17.3 Å². The van der Waals surface area contributed by atoms with Gasteiger partial charge in [0.25, 0.3) is 0 Å². The Morgan fingerprint density at radius 3 is 2.73 bits per heavy atom. The molecule has 15 heavy (non-hydrogen) atoms. The first kappa shape index (κ1) is 10.2. The van der Waals surface area contributed by atoms with Crippen LogP contribution in [-0.2, 0) is 0 Å². The van der Waals surface area contributed by atoms with Crippen LogP contribution in [-0.4, -0.2) is 9.78 Å². The zero-order chi connectivity index (χ0) is 11.0. The molecule has 1 aromatic carbocycles. The van der Waals surface area contributed by atoms with Gasteiger partial charge in [-0.25, -0.2) is 9.07 Å². The minimum atomic E-state index is -0.341. The molecule has 0 aliphatic heterocycles. The topological polar surface area (TPSA) is 43.8 Å². The van der Waals surface area contributed by atoms with Crippen LogP contribution in [0, 0.1) is 12.7 Å². The normalized spacial score (nSPS) is 10.6. The molecule has 1 aromatic heterocycles. The van der Waals surface area contributed by atoms with E-state index in [1.807, 2.05) is 6.92 Å². The lowest BCUT2D eigenvalue weighted by Gasteiger charge is -2.02. The molecule has 0 aliphatic carbocycles. The third-order valence-corrected chi connectivity index (χ3v) is 2.59. The van der Waals surface area contributed by atoms with Gasteiger partial charge >= 0.3 is 0 Å². The molecule has 0 saturated carbocycles. The Balaban J connectivity index is 2.54. The van der Waals surface area contributed by atoms with E-state index in [0.717, 1.165) is 5.56 Å². The maximum absolute atomic E-state index is 13.5. The summed E-state index contributed by atoms with van der Waals surface area (Å²) in [6.45, 7) is 1.83. The quantitative estimate of drug-likeness (QED) is 0.865. The van der Waals surface area contributed by atoms with Gasteiger partial charge in [-0.2, -0.15) is 5.10 Å². The number of nitrogens with two attached hydrogens (primary N) is 1. The summed E-state index contributed by atoms with van der Waals surface area (Å²) >= 11 is 3.19. The van der Waals surface area contributed by atoms with Crippen LogP contribution in [0.25, 0.3) is 5.69 Å². The van der Waals surface area contributed by atoms with Crippen molar-refractivity contribution in [1.29, 1.82) is 0 Å². The van der Waals surface area contributed by atoms with E-state index >= 15 is 0 Å². The number of rotatable bonds is 1. The van der Waals surface area contributed by atoms with Gasteiger partial charge in [0.15, 0.2) is 0 Å². The molecule has 78 valence electrons. The van der Waals surface area contributed by atoms with Crippen molar-refractivity contribution in [2.24, 2.45) is 0 Å². The van der Waals surface area contributed by atoms with Crippen molar-refractivity contribution < 1.29 is 4.39 Å². The van der Waals surface area contributed by atoms with E-state index in [-0.39, 0.29) is 5.82 Å².